The lowest BCUT2D eigenvalue weighted by molar-refractivity contribution is -0.149. The number of aromatic hydroxyl groups is 1. The highest BCUT2D eigenvalue weighted by atomic mass is 16.3. The smallest absolute Gasteiger partial charge is 0.255 e. The number of fused-ring (bicyclic) bond motifs is 3. The van der Waals surface area contributed by atoms with Crippen LogP contribution in [-0.4, -0.2) is 73.6 Å². The van der Waals surface area contributed by atoms with Gasteiger partial charge in [-0.3, -0.25) is 19.3 Å². The third kappa shape index (κ3) is 2.52. The number of amides is 1. The van der Waals surface area contributed by atoms with E-state index in [9.17, 15) is 39.9 Å². The molecule has 10 heteroatoms. The number of primary amides is 1. The van der Waals surface area contributed by atoms with Crippen LogP contribution in [-0.2, 0) is 9.59 Å². The Morgan fingerprint density at radius 2 is 1.84 bits per heavy atom. The summed E-state index contributed by atoms with van der Waals surface area (Å²) in [6.07, 6.45) is -1.51. The Morgan fingerprint density at radius 3 is 2.42 bits per heavy atom. The van der Waals surface area contributed by atoms with E-state index in [4.69, 9.17) is 5.73 Å². The van der Waals surface area contributed by atoms with Crippen molar-refractivity contribution in [2.24, 2.45) is 17.6 Å². The minimum Gasteiger partial charge on any atom is -0.510 e. The monoisotopic (exact) mass is 430 g/mol. The Bertz CT molecular complexity index is 1100. The zero-order chi connectivity index (χ0) is 23.0. The maximum Gasteiger partial charge on any atom is 0.255 e. The molecule has 5 atom stereocenters. The van der Waals surface area contributed by atoms with Crippen LogP contribution >= 0.6 is 0 Å². The molecule has 4 rings (SSSR count). The number of rotatable bonds is 2. The first-order chi connectivity index (χ1) is 14.4. The fourth-order valence-corrected chi connectivity index (χ4v) is 5.21. The van der Waals surface area contributed by atoms with Crippen LogP contribution in [0.1, 0.15) is 28.4 Å². The molecule has 1 amide bonds. The van der Waals surface area contributed by atoms with Gasteiger partial charge in [-0.2, -0.15) is 0 Å². The normalized spacial score (nSPS) is 32.7. The highest BCUT2D eigenvalue weighted by Gasteiger charge is 2.64. The van der Waals surface area contributed by atoms with Crippen LogP contribution in [0.4, 0.5) is 0 Å². The number of hydrogen-bond donors (Lipinski definition) is 6. The second-order valence-corrected chi connectivity index (χ2v) is 8.35. The molecule has 3 aliphatic rings. The molecule has 1 aromatic rings. The summed E-state index contributed by atoms with van der Waals surface area (Å²) in [7, 11) is 3.06. The molecule has 0 spiro atoms. The topological polar surface area (TPSA) is 182 Å². The van der Waals surface area contributed by atoms with Crippen molar-refractivity contribution < 1.29 is 39.9 Å². The standard InChI is InChI=1S/C21H22N2O8/c1-23(2)14-9-6-8-12(16(26)11-7(15(8)25)4-3-5-10(11)24)18(28)21(9,31)19(29)13(17(14)27)20(22)30/h3-5,8-9,14-15,24-25,27-28,31H,6H2,1-2H3,(H2,22,30)/t8-,9-,14-,15+,21-/m0/s1. The van der Waals surface area contributed by atoms with E-state index in [1.54, 1.807) is 0 Å². The lowest BCUT2D eigenvalue weighted by Crippen LogP contribution is -2.64. The number of aliphatic hydroxyl groups excluding tert-OH is 3. The van der Waals surface area contributed by atoms with E-state index in [0.717, 1.165) is 0 Å². The molecule has 0 saturated carbocycles. The van der Waals surface area contributed by atoms with Crippen molar-refractivity contribution in [3.8, 4) is 5.75 Å². The number of phenols is 1. The molecule has 7 N–H and O–H groups in total. The van der Waals surface area contributed by atoms with Gasteiger partial charge in [0.05, 0.1) is 17.7 Å². The molecule has 0 radical (unpaired) electrons. The van der Waals surface area contributed by atoms with Gasteiger partial charge in [0.15, 0.2) is 11.4 Å². The second-order valence-electron chi connectivity index (χ2n) is 8.35. The molecule has 0 aromatic heterocycles. The molecule has 0 bridgehead atoms. The van der Waals surface area contributed by atoms with Gasteiger partial charge in [-0.25, -0.2) is 0 Å². The van der Waals surface area contributed by atoms with Gasteiger partial charge >= 0.3 is 0 Å². The van der Waals surface area contributed by atoms with Gasteiger partial charge in [0, 0.05) is 17.4 Å². The fourth-order valence-electron chi connectivity index (χ4n) is 5.21. The van der Waals surface area contributed by atoms with Crippen LogP contribution in [0.25, 0.3) is 0 Å². The number of Topliss-reactive ketones (excluding diaryl/α,β-unsaturated/α-hetero) is 2. The molecular weight excluding hydrogens is 408 g/mol. The molecule has 0 saturated heterocycles. The highest BCUT2D eigenvalue weighted by Crippen LogP contribution is 2.54. The zero-order valence-corrected chi connectivity index (χ0v) is 16.7. The molecule has 1 aromatic carbocycles. The first-order valence-electron chi connectivity index (χ1n) is 9.59. The van der Waals surface area contributed by atoms with E-state index in [-0.39, 0.29) is 17.5 Å². The van der Waals surface area contributed by atoms with Crippen LogP contribution in [0.5, 0.6) is 5.75 Å². The molecule has 0 unspecified atom stereocenters. The average Bonchev–Trinajstić information content (AvgIpc) is 2.68. The summed E-state index contributed by atoms with van der Waals surface area (Å²) in [5.41, 5.74) is 1.15. The summed E-state index contributed by atoms with van der Waals surface area (Å²) in [5, 5.41) is 54.2. The number of carbonyl (C=O) groups is 3. The van der Waals surface area contributed by atoms with Gasteiger partial charge in [-0.1, -0.05) is 12.1 Å². The maximum atomic E-state index is 13.2. The van der Waals surface area contributed by atoms with Crippen molar-refractivity contribution in [3.05, 3.63) is 52.0 Å². The molecule has 164 valence electrons. The molecular formula is C21H22N2O8. The number of benzene rings is 1. The Balaban J connectivity index is 2.01. The molecule has 0 fully saturated rings. The Hall–Kier alpha value is -3.21. The Labute approximate surface area is 176 Å². The number of likely N-dealkylation sites (N-methyl/N-ethyl adjacent to an activating group) is 1. The quantitative estimate of drug-likeness (QED) is 0.340. The van der Waals surface area contributed by atoms with Crippen molar-refractivity contribution in [3.63, 3.8) is 0 Å². The Kier molecular flexibility index (Phi) is 4.51. The van der Waals surface area contributed by atoms with Crippen LogP contribution in [0.3, 0.4) is 0 Å². The molecule has 10 nitrogen and oxygen atoms in total. The van der Waals surface area contributed by atoms with Gasteiger partial charge in [-0.15, -0.1) is 0 Å². The number of carbonyl (C=O) groups excluding carboxylic acids is 3. The van der Waals surface area contributed by atoms with Crippen LogP contribution in [0.15, 0.2) is 40.9 Å². The van der Waals surface area contributed by atoms with Crippen LogP contribution in [0, 0.1) is 11.8 Å². The summed E-state index contributed by atoms with van der Waals surface area (Å²) < 4.78 is 0. The molecule has 0 aliphatic heterocycles. The van der Waals surface area contributed by atoms with Crippen LogP contribution in [0.2, 0.25) is 0 Å². The number of ketones is 2. The second kappa shape index (κ2) is 6.64. The summed E-state index contributed by atoms with van der Waals surface area (Å²) in [6.45, 7) is 0. The van der Waals surface area contributed by atoms with E-state index >= 15 is 0 Å². The lowest BCUT2D eigenvalue weighted by atomic mass is 9.58. The zero-order valence-electron chi connectivity index (χ0n) is 16.7. The van der Waals surface area contributed by atoms with E-state index in [1.807, 2.05) is 0 Å². The van der Waals surface area contributed by atoms with Gasteiger partial charge < -0.3 is 31.3 Å². The first kappa shape index (κ1) is 21.0. The van der Waals surface area contributed by atoms with E-state index in [0.29, 0.717) is 0 Å². The van der Waals surface area contributed by atoms with Crippen molar-refractivity contribution in [1.82, 2.24) is 4.90 Å². The van der Waals surface area contributed by atoms with Crippen molar-refractivity contribution in [1.29, 1.82) is 0 Å². The number of hydrogen-bond acceptors (Lipinski definition) is 9. The van der Waals surface area contributed by atoms with Crippen LogP contribution < -0.4 is 5.73 Å². The predicted octanol–water partition coefficient (Wildman–Crippen LogP) is -0.388. The summed E-state index contributed by atoms with van der Waals surface area (Å²) in [5.74, 6) is -7.78. The minimum absolute atomic E-state index is 0.151. The summed E-state index contributed by atoms with van der Waals surface area (Å²) in [4.78, 5) is 39.6. The maximum absolute atomic E-state index is 13.2. The van der Waals surface area contributed by atoms with Gasteiger partial charge in [-0.05, 0) is 32.1 Å². The van der Waals surface area contributed by atoms with Gasteiger partial charge in [0.25, 0.3) is 5.91 Å². The van der Waals surface area contributed by atoms with Crippen molar-refractivity contribution in [2.75, 3.05) is 14.1 Å². The third-order valence-electron chi connectivity index (χ3n) is 6.57. The summed E-state index contributed by atoms with van der Waals surface area (Å²) in [6, 6.07) is 3.05. The lowest BCUT2D eigenvalue weighted by Gasteiger charge is -2.50. The SMILES string of the molecule is CN(C)[C@@H]1C(O)=C(C(N)=O)C(=O)[C@@]2(O)C(O)=C3C(=O)c4c(O)cccc4[C@@H](O)[C@H]3C[C@@H]12. The average molecular weight is 430 g/mol. The molecule has 3 aliphatic carbocycles. The minimum atomic E-state index is -2.73. The van der Waals surface area contributed by atoms with E-state index in [2.05, 4.69) is 0 Å². The number of nitrogens with zero attached hydrogens (tertiary/aromatic N) is 1. The molecule has 31 heavy (non-hydrogen) atoms. The fraction of sp³-hybridized carbons (Fsp3) is 0.381. The van der Waals surface area contributed by atoms with Gasteiger partial charge in [0.2, 0.25) is 5.78 Å². The van der Waals surface area contributed by atoms with E-state index in [1.165, 1.54) is 37.2 Å². The van der Waals surface area contributed by atoms with E-state index < -0.39 is 75.5 Å². The predicted molar refractivity (Wildman–Crippen MR) is 105 cm³/mol. The van der Waals surface area contributed by atoms with Gasteiger partial charge in [0.1, 0.15) is 22.8 Å². The van der Waals surface area contributed by atoms with Crippen molar-refractivity contribution in [2.45, 2.75) is 24.2 Å². The summed E-state index contributed by atoms with van der Waals surface area (Å²) >= 11 is 0. The third-order valence-corrected chi connectivity index (χ3v) is 6.57. The van der Waals surface area contributed by atoms with Crippen molar-refractivity contribution >= 4 is 17.5 Å². The number of phenolic OH excluding ortho intramolecular Hbond substituents is 1. The molecule has 0 heterocycles. The first-order valence-corrected chi connectivity index (χ1v) is 9.59. The number of aliphatic hydroxyl groups is 4. The highest BCUT2D eigenvalue weighted by molar-refractivity contribution is 6.24. The largest absolute Gasteiger partial charge is 0.510 e. The number of nitrogens with two attached hydrogens (primary N) is 1. The Morgan fingerprint density at radius 1 is 1.19 bits per heavy atom.